The Kier molecular flexibility index (Phi) is 5.96. The van der Waals surface area contributed by atoms with Crippen LogP contribution in [0.2, 0.25) is 0 Å². The molecule has 33 heavy (non-hydrogen) atoms. The van der Waals surface area contributed by atoms with E-state index in [2.05, 4.69) is 13.8 Å². The number of carbonyl (C=O) groups excluding carboxylic acids is 2. The molecule has 8 nitrogen and oxygen atoms in total. The summed E-state index contributed by atoms with van der Waals surface area (Å²) < 4.78 is 5.73. The summed E-state index contributed by atoms with van der Waals surface area (Å²) in [5, 5.41) is 28.4. The molecule has 4 rings (SSSR count). The molecule has 4 aliphatic carbocycles. The first-order valence-electron chi connectivity index (χ1n) is 12.0. The summed E-state index contributed by atoms with van der Waals surface area (Å²) in [5.41, 5.74) is -1.55. The SMILES string of the molecule is C[C@]12CC[C@H]3[C@@H](CCC4=CC(=O)CC[C@@]43C)[C@@H]1CC[C@@H]2OC(=O)CC(O)(CC(=O)O)C(=O)O. The number of hydrogen-bond donors (Lipinski definition) is 3. The number of fused-ring (bicyclic) bond motifs is 5. The minimum Gasteiger partial charge on any atom is -0.481 e. The molecule has 0 saturated heterocycles. The van der Waals surface area contributed by atoms with Gasteiger partial charge in [-0.15, -0.1) is 0 Å². The van der Waals surface area contributed by atoms with Gasteiger partial charge < -0.3 is 20.1 Å². The molecule has 3 N–H and O–H groups in total. The van der Waals surface area contributed by atoms with Crippen molar-refractivity contribution in [2.75, 3.05) is 0 Å². The van der Waals surface area contributed by atoms with Crippen LogP contribution in [0.1, 0.15) is 78.1 Å². The van der Waals surface area contributed by atoms with E-state index in [1.165, 1.54) is 5.57 Å². The molecule has 4 aliphatic rings. The van der Waals surface area contributed by atoms with Gasteiger partial charge in [0.15, 0.2) is 11.4 Å². The van der Waals surface area contributed by atoms with Crippen LogP contribution in [0.5, 0.6) is 0 Å². The minimum atomic E-state index is -2.68. The highest BCUT2D eigenvalue weighted by molar-refractivity contribution is 5.91. The highest BCUT2D eigenvalue weighted by Crippen LogP contribution is 2.65. The van der Waals surface area contributed by atoms with Gasteiger partial charge in [-0.1, -0.05) is 19.4 Å². The zero-order valence-corrected chi connectivity index (χ0v) is 19.3. The van der Waals surface area contributed by atoms with Crippen molar-refractivity contribution < 1.29 is 39.2 Å². The first kappa shape index (κ1) is 23.9. The van der Waals surface area contributed by atoms with Gasteiger partial charge in [0.2, 0.25) is 0 Å². The summed E-state index contributed by atoms with van der Waals surface area (Å²) in [7, 11) is 0. The van der Waals surface area contributed by atoms with Gasteiger partial charge in [-0.25, -0.2) is 4.79 Å². The lowest BCUT2D eigenvalue weighted by Gasteiger charge is -2.57. The van der Waals surface area contributed by atoms with Crippen LogP contribution in [0.15, 0.2) is 11.6 Å². The number of carboxylic acids is 2. The van der Waals surface area contributed by atoms with Gasteiger partial charge in [0.05, 0.1) is 12.8 Å². The predicted octanol–water partition coefficient (Wildman–Crippen LogP) is 3.11. The molecule has 8 heteroatoms. The number of ether oxygens (including phenoxy) is 1. The monoisotopic (exact) mass is 462 g/mol. The maximum absolute atomic E-state index is 12.6. The summed E-state index contributed by atoms with van der Waals surface area (Å²) in [6, 6.07) is 0. The van der Waals surface area contributed by atoms with Crippen molar-refractivity contribution in [3.63, 3.8) is 0 Å². The number of esters is 1. The Bertz CT molecular complexity index is 908. The van der Waals surface area contributed by atoms with E-state index in [1.807, 2.05) is 6.08 Å². The molecular weight excluding hydrogens is 428 g/mol. The van der Waals surface area contributed by atoms with Crippen LogP contribution in [-0.2, 0) is 23.9 Å². The molecule has 0 heterocycles. The zero-order chi connectivity index (χ0) is 24.2. The highest BCUT2D eigenvalue weighted by Gasteiger charge is 2.60. The van der Waals surface area contributed by atoms with E-state index < -0.39 is 36.4 Å². The number of rotatable bonds is 6. The lowest BCUT2D eigenvalue weighted by atomic mass is 9.47. The average molecular weight is 463 g/mol. The Morgan fingerprint density at radius 2 is 1.76 bits per heavy atom. The summed E-state index contributed by atoms with van der Waals surface area (Å²) in [5.74, 6) is -2.51. The third-order valence-electron chi connectivity index (χ3n) is 9.43. The number of aliphatic carboxylic acids is 2. The normalized spacial score (nSPS) is 39.4. The molecule has 0 aliphatic heterocycles. The van der Waals surface area contributed by atoms with Crippen molar-refractivity contribution in [2.45, 2.75) is 89.8 Å². The number of carbonyl (C=O) groups is 4. The summed E-state index contributed by atoms with van der Waals surface area (Å²) >= 11 is 0. The third kappa shape index (κ3) is 4.00. The van der Waals surface area contributed by atoms with Crippen LogP contribution in [0.4, 0.5) is 0 Å². The first-order chi connectivity index (χ1) is 15.4. The van der Waals surface area contributed by atoms with Gasteiger partial charge in [0, 0.05) is 11.8 Å². The largest absolute Gasteiger partial charge is 0.481 e. The Morgan fingerprint density at radius 1 is 1.03 bits per heavy atom. The average Bonchev–Trinajstić information content (AvgIpc) is 3.04. The second kappa shape index (κ2) is 8.22. The van der Waals surface area contributed by atoms with Gasteiger partial charge in [-0.3, -0.25) is 14.4 Å². The lowest BCUT2D eigenvalue weighted by molar-refractivity contribution is -0.177. The maximum atomic E-state index is 12.6. The first-order valence-corrected chi connectivity index (χ1v) is 12.0. The molecular formula is C25H34O8. The number of ketones is 1. The molecule has 0 radical (unpaired) electrons. The Balaban J connectivity index is 1.47. The molecule has 1 unspecified atom stereocenters. The van der Waals surface area contributed by atoms with Crippen LogP contribution in [-0.4, -0.2) is 50.7 Å². The molecule has 3 saturated carbocycles. The van der Waals surface area contributed by atoms with Crippen LogP contribution in [0, 0.1) is 28.6 Å². The van der Waals surface area contributed by atoms with Gasteiger partial charge in [-0.2, -0.15) is 0 Å². The van der Waals surface area contributed by atoms with Crippen molar-refractivity contribution >= 4 is 23.7 Å². The molecule has 0 spiro atoms. The fraction of sp³-hybridized carbons (Fsp3) is 0.760. The van der Waals surface area contributed by atoms with Gasteiger partial charge >= 0.3 is 17.9 Å². The molecule has 3 fully saturated rings. The van der Waals surface area contributed by atoms with E-state index in [0.29, 0.717) is 30.6 Å². The molecule has 0 bridgehead atoms. The van der Waals surface area contributed by atoms with Crippen LogP contribution >= 0.6 is 0 Å². The highest BCUT2D eigenvalue weighted by atomic mass is 16.5. The second-order valence-corrected chi connectivity index (χ2v) is 11.2. The number of aliphatic hydroxyl groups is 1. The molecule has 182 valence electrons. The van der Waals surface area contributed by atoms with Crippen molar-refractivity contribution in [2.24, 2.45) is 28.6 Å². The molecule has 7 atom stereocenters. The Morgan fingerprint density at radius 3 is 2.42 bits per heavy atom. The minimum absolute atomic E-state index is 0.0573. The lowest BCUT2D eigenvalue weighted by Crippen LogP contribution is -2.52. The quantitative estimate of drug-likeness (QED) is 0.512. The number of allylic oxidation sites excluding steroid dienone is 1. The fourth-order valence-corrected chi connectivity index (χ4v) is 7.61. The maximum Gasteiger partial charge on any atom is 0.336 e. The summed E-state index contributed by atoms with van der Waals surface area (Å²) in [6.07, 6.45) is 6.48. The van der Waals surface area contributed by atoms with Gasteiger partial charge in [-0.05, 0) is 74.2 Å². The van der Waals surface area contributed by atoms with Crippen molar-refractivity contribution in [3.8, 4) is 0 Å². The third-order valence-corrected chi connectivity index (χ3v) is 9.43. The molecule has 0 amide bonds. The van der Waals surface area contributed by atoms with Crippen LogP contribution in [0.25, 0.3) is 0 Å². The van der Waals surface area contributed by atoms with Crippen molar-refractivity contribution in [1.29, 1.82) is 0 Å². The van der Waals surface area contributed by atoms with Crippen molar-refractivity contribution in [3.05, 3.63) is 11.6 Å². The second-order valence-electron chi connectivity index (χ2n) is 11.2. The van der Waals surface area contributed by atoms with Crippen LogP contribution < -0.4 is 0 Å². The van der Waals surface area contributed by atoms with E-state index >= 15 is 0 Å². The Hall–Kier alpha value is -2.22. The Labute approximate surface area is 193 Å². The van der Waals surface area contributed by atoms with E-state index in [-0.39, 0.29) is 22.7 Å². The van der Waals surface area contributed by atoms with E-state index in [4.69, 9.17) is 9.84 Å². The van der Waals surface area contributed by atoms with E-state index in [0.717, 1.165) is 38.5 Å². The van der Waals surface area contributed by atoms with Gasteiger partial charge in [0.1, 0.15) is 6.10 Å². The number of carboxylic acid groups (broad SMARTS) is 2. The van der Waals surface area contributed by atoms with E-state index in [9.17, 15) is 29.4 Å². The standard InChI is InChI=1S/C25H34O8/c1-23-9-7-15(26)11-14(23)3-4-16-17-5-6-19(24(17,2)10-8-18(16)23)33-21(29)13-25(32,22(30)31)12-20(27)28/h11,16-19,32H,3-10,12-13H2,1-2H3,(H,27,28)(H,30,31)/t16-,17-,18-,19-,23-,24-,25?/m0/s1. The topological polar surface area (TPSA) is 138 Å². The summed E-state index contributed by atoms with van der Waals surface area (Å²) in [6.45, 7) is 4.46. The number of hydrogen-bond acceptors (Lipinski definition) is 6. The fourth-order valence-electron chi connectivity index (χ4n) is 7.61. The van der Waals surface area contributed by atoms with E-state index in [1.54, 1.807) is 0 Å². The van der Waals surface area contributed by atoms with Crippen LogP contribution in [0.3, 0.4) is 0 Å². The predicted molar refractivity (Wildman–Crippen MR) is 116 cm³/mol. The molecule has 0 aromatic heterocycles. The smallest absolute Gasteiger partial charge is 0.336 e. The van der Waals surface area contributed by atoms with Crippen molar-refractivity contribution in [1.82, 2.24) is 0 Å². The van der Waals surface area contributed by atoms with Gasteiger partial charge in [0.25, 0.3) is 0 Å². The zero-order valence-electron chi connectivity index (χ0n) is 19.3. The molecule has 0 aromatic rings. The summed E-state index contributed by atoms with van der Waals surface area (Å²) in [4.78, 5) is 46.9. The molecule has 0 aromatic carbocycles.